The van der Waals surface area contributed by atoms with Gasteiger partial charge in [0, 0.05) is 0 Å². The first kappa shape index (κ1) is 18.5. The summed E-state index contributed by atoms with van der Waals surface area (Å²) in [7, 11) is 1.41. The first-order valence-electron chi connectivity index (χ1n) is 8.41. The number of esters is 1. The summed E-state index contributed by atoms with van der Waals surface area (Å²) in [5, 5.41) is 2.66. The number of fused-ring (bicyclic) bond motifs is 3. The van der Waals surface area contributed by atoms with E-state index in [0.717, 1.165) is 0 Å². The molecule has 0 saturated heterocycles. The Morgan fingerprint density at radius 3 is 1.92 bits per heavy atom. The quantitative estimate of drug-likeness (QED) is 0.760. The van der Waals surface area contributed by atoms with Crippen molar-refractivity contribution in [3.8, 4) is 0 Å². The Hall–Kier alpha value is -1.79. The van der Waals surface area contributed by atoms with Crippen LogP contribution in [0.15, 0.2) is 0 Å². The van der Waals surface area contributed by atoms with E-state index in [9.17, 15) is 14.4 Å². The number of nitrogens with one attached hydrogen (secondary N) is 1. The molecule has 1 unspecified atom stereocenters. The molecular formula is C17H28N2O5. The Kier molecular flexibility index (Phi) is 4.84. The zero-order valence-electron chi connectivity index (χ0n) is 14.9. The van der Waals surface area contributed by atoms with E-state index in [4.69, 9.17) is 15.2 Å². The zero-order valence-corrected chi connectivity index (χ0v) is 14.9. The van der Waals surface area contributed by atoms with Crippen LogP contribution in [0.1, 0.15) is 59.3 Å². The van der Waals surface area contributed by atoms with E-state index in [2.05, 4.69) is 5.32 Å². The number of amides is 2. The lowest BCUT2D eigenvalue weighted by Gasteiger charge is -2.54. The highest BCUT2D eigenvalue weighted by atomic mass is 16.6. The number of primary amides is 1. The largest absolute Gasteiger partial charge is 0.469 e. The smallest absolute Gasteiger partial charge is 0.408 e. The predicted molar refractivity (Wildman–Crippen MR) is 86.9 cm³/mol. The van der Waals surface area contributed by atoms with Gasteiger partial charge in [-0.3, -0.25) is 9.59 Å². The number of methoxy groups -OCH3 is 1. The Labute approximate surface area is 142 Å². The summed E-state index contributed by atoms with van der Waals surface area (Å²) in [6.07, 6.45) is 3.29. The molecule has 3 fully saturated rings. The van der Waals surface area contributed by atoms with E-state index >= 15 is 0 Å². The number of rotatable bonds is 4. The highest BCUT2D eigenvalue weighted by Crippen LogP contribution is 2.58. The van der Waals surface area contributed by atoms with Crippen molar-refractivity contribution in [1.29, 1.82) is 0 Å². The fourth-order valence-corrected chi connectivity index (χ4v) is 4.12. The van der Waals surface area contributed by atoms with Gasteiger partial charge in [0.25, 0.3) is 0 Å². The maximum Gasteiger partial charge on any atom is 0.408 e. The van der Waals surface area contributed by atoms with Gasteiger partial charge in [-0.05, 0) is 64.7 Å². The second-order valence-corrected chi connectivity index (χ2v) is 8.12. The van der Waals surface area contributed by atoms with E-state index in [-0.39, 0.29) is 5.97 Å². The van der Waals surface area contributed by atoms with Crippen LogP contribution in [0.2, 0.25) is 0 Å². The second kappa shape index (κ2) is 6.26. The zero-order chi connectivity index (χ0) is 18.2. The van der Waals surface area contributed by atoms with Gasteiger partial charge in [0.1, 0.15) is 11.6 Å². The normalized spacial score (nSPS) is 30.3. The molecule has 3 rings (SSSR count). The van der Waals surface area contributed by atoms with E-state index in [1.54, 1.807) is 20.8 Å². The minimum atomic E-state index is -0.789. The standard InChI is InChI=1S/C17H28N2O5/c1-15(2,3)24-14(22)19-11(12(18)20)16-5-8-17(9-6-16,10-7-16)13(21)23-4/h11H,5-10H2,1-4H3,(H2,18,20)(H,19,22). The SMILES string of the molecule is COC(=O)C12CCC(C(NC(=O)OC(C)(C)C)C(N)=O)(CC1)CC2. The first-order chi connectivity index (χ1) is 11.0. The van der Waals surface area contributed by atoms with Gasteiger partial charge in [-0.2, -0.15) is 0 Å². The van der Waals surface area contributed by atoms with Gasteiger partial charge in [0.2, 0.25) is 5.91 Å². The van der Waals surface area contributed by atoms with Gasteiger partial charge in [0.15, 0.2) is 0 Å². The molecule has 0 aromatic carbocycles. The molecule has 0 aromatic heterocycles. The number of nitrogens with two attached hydrogens (primary N) is 1. The number of hydrogen-bond acceptors (Lipinski definition) is 5. The molecule has 3 aliphatic rings. The van der Waals surface area contributed by atoms with E-state index in [1.807, 2.05) is 0 Å². The fraction of sp³-hybridized carbons (Fsp3) is 0.824. The van der Waals surface area contributed by atoms with Crippen molar-refractivity contribution >= 4 is 18.0 Å². The first-order valence-corrected chi connectivity index (χ1v) is 8.41. The molecule has 24 heavy (non-hydrogen) atoms. The van der Waals surface area contributed by atoms with Crippen LogP contribution in [-0.2, 0) is 19.1 Å². The molecule has 0 aromatic rings. The predicted octanol–water partition coefficient (Wildman–Crippen LogP) is 1.88. The number of hydrogen-bond donors (Lipinski definition) is 2. The lowest BCUT2D eigenvalue weighted by Crippen LogP contribution is -2.60. The number of carbonyl (C=O) groups is 3. The van der Waals surface area contributed by atoms with Crippen LogP contribution in [-0.4, -0.2) is 36.7 Å². The number of carbonyl (C=O) groups excluding carboxylic acids is 3. The van der Waals surface area contributed by atoms with Gasteiger partial charge in [0.05, 0.1) is 12.5 Å². The summed E-state index contributed by atoms with van der Waals surface area (Å²) in [6.45, 7) is 5.28. The average molecular weight is 340 g/mol. The van der Waals surface area contributed by atoms with Gasteiger partial charge < -0.3 is 20.5 Å². The van der Waals surface area contributed by atoms with E-state index < -0.39 is 34.5 Å². The van der Waals surface area contributed by atoms with Crippen LogP contribution in [0.4, 0.5) is 4.79 Å². The molecule has 0 spiro atoms. The van der Waals surface area contributed by atoms with Gasteiger partial charge >= 0.3 is 12.1 Å². The lowest BCUT2D eigenvalue weighted by molar-refractivity contribution is -0.164. The Morgan fingerprint density at radius 1 is 1.04 bits per heavy atom. The average Bonchev–Trinajstić information content (AvgIpc) is 2.51. The molecule has 0 radical (unpaired) electrons. The highest BCUT2D eigenvalue weighted by molar-refractivity contribution is 5.85. The second-order valence-electron chi connectivity index (χ2n) is 8.12. The summed E-state index contributed by atoms with van der Waals surface area (Å²) in [6, 6.07) is -0.789. The van der Waals surface area contributed by atoms with Crippen molar-refractivity contribution in [3.63, 3.8) is 0 Å². The van der Waals surface area contributed by atoms with Crippen molar-refractivity contribution in [2.75, 3.05) is 7.11 Å². The maximum absolute atomic E-state index is 12.1. The molecule has 2 bridgehead atoms. The van der Waals surface area contributed by atoms with Crippen LogP contribution < -0.4 is 11.1 Å². The van der Waals surface area contributed by atoms with Gasteiger partial charge in [-0.1, -0.05) is 0 Å². The molecule has 0 aliphatic heterocycles. The molecule has 7 heteroatoms. The van der Waals surface area contributed by atoms with Crippen LogP contribution in [0.25, 0.3) is 0 Å². The van der Waals surface area contributed by atoms with Crippen LogP contribution in [0, 0.1) is 10.8 Å². The molecule has 0 heterocycles. The monoisotopic (exact) mass is 340 g/mol. The van der Waals surface area contributed by atoms with Crippen molar-refractivity contribution in [3.05, 3.63) is 0 Å². The third-order valence-corrected chi connectivity index (χ3v) is 5.48. The molecule has 1 atom stereocenters. The molecule has 7 nitrogen and oxygen atoms in total. The van der Waals surface area contributed by atoms with Crippen LogP contribution in [0.5, 0.6) is 0 Å². The van der Waals surface area contributed by atoms with E-state index in [1.165, 1.54) is 7.11 Å². The maximum atomic E-state index is 12.1. The highest BCUT2D eigenvalue weighted by Gasteiger charge is 2.57. The minimum absolute atomic E-state index is 0.175. The van der Waals surface area contributed by atoms with E-state index in [0.29, 0.717) is 38.5 Å². The number of alkyl carbamates (subject to hydrolysis) is 1. The topological polar surface area (TPSA) is 108 Å². The van der Waals surface area contributed by atoms with Gasteiger partial charge in [-0.15, -0.1) is 0 Å². The summed E-state index contributed by atoms with van der Waals surface area (Å²) in [4.78, 5) is 36.2. The van der Waals surface area contributed by atoms with Crippen LogP contribution in [0.3, 0.4) is 0 Å². The third kappa shape index (κ3) is 3.49. The lowest BCUT2D eigenvalue weighted by atomic mass is 9.51. The Morgan fingerprint density at radius 2 is 1.54 bits per heavy atom. The van der Waals surface area contributed by atoms with Crippen molar-refractivity contribution in [2.45, 2.75) is 70.9 Å². The molecule has 3 aliphatic carbocycles. The molecule has 3 N–H and O–H groups in total. The third-order valence-electron chi connectivity index (χ3n) is 5.48. The summed E-state index contributed by atoms with van der Waals surface area (Å²) < 4.78 is 10.2. The Balaban J connectivity index is 2.12. The fourth-order valence-electron chi connectivity index (χ4n) is 4.12. The van der Waals surface area contributed by atoms with Crippen LogP contribution >= 0.6 is 0 Å². The molecular weight excluding hydrogens is 312 g/mol. The Bertz CT molecular complexity index is 513. The van der Waals surface area contributed by atoms with Crippen molar-refractivity contribution in [2.24, 2.45) is 16.6 Å². The molecule has 2 amide bonds. The van der Waals surface area contributed by atoms with Crippen molar-refractivity contribution < 1.29 is 23.9 Å². The molecule has 136 valence electrons. The van der Waals surface area contributed by atoms with Gasteiger partial charge in [-0.25, -0.2) is 4.79 Å². The van der Waals surface area contributed by atoms with Crippen molar-refractivity contribution in [1.82, 2.24) is 5.32 Å². The number of ether oxygens (including phenoxy) is 2. The summed E-state index contributed by atoms with van der Waals surface area (Å²) in [5.74, 6) is -0.736. The minimum Gasteiger partial charge on any atom is -0.469 e. The summed E-state index contributed by atoms with van der Waals surface area (Å²) in [5.41, 5.74) is 4.08. The summed E-state index contributed by atoms with van der Waals surface area (Å²) >= 11 is 0. The molecule has 3 saturated carbocycles.